The molecule has 0 saturated carbocycles. The van der Waals surface area contributed by atoms with Gasteiger partial charge in [0.25, 0.3) is 0 Å². The topological polar surface area (TPSA) is 26.3 Å². The monoisotopic (exact) mass is 168 g/mol. The Labute approximate surface area is 63.4 Å². The quantitative estimate of drug-likeness (QED) is 0.355. The highest BCUT2D eigenvalue weighted by atomic mass is 35.5. The fraction of sp³-hybridized carbons (Fsp3) is 0.400. The number of hydrogen-bond donors (Lipinski definition) is 0. The largest absolute Gasteiger partial charge is 0.466 e. The summed E-state index contributed by atoms with van der Waals surface area (Å²) < 4.78 is 4.26. The van der Waals surface area contributed by atoms with Crippen molar-refractivity contribution >= 4 is 29.2 Å². The number of rotatable bonds is 2. The van der Waals surface area contributed by atoms with E-state index in [0.717, 1.165) is 0 Å². The third kappa shape index (κ3) is 5.66. The van der Waals surface area contributed by atoms with Gasteiger partial charge in [-0.25, -0.2) is 4.79 Å². The molecule has 0 rings (SSSR count). The van der Waals surface area contributed by atoms with Gasteiger partial charge in [0.1, 0.15) is 4.84 Å². The molecular weight excluding hydrogens is 163 g/mol. The van der Waals surface area contributed by atoms with Gasteiger partial charge in [-0.3, -0.25) is 0 Å². The molecule has 0 unspecified atom stereocenters. The van der Waals surface area contributed by atoms with Crippen LogP contribution >= 0.6 is 23.2 Å². The minimum atomic E-state index is -0.649. The summed E-state index contributed by atoms with van der Waals surface area (Å²) in [4.78, 5) is 9.64. The highest BCUT2D eigenvalue weighted by molar-refractivity contribution is 6.45. The van der Waals surface area contributed by atoms with Crippen molar-refractivity contribution in [3.8, 4) is 0 Å². The number of alkyl halides is 2. The first-order chi connectivity index (χ1) is 4.16. The van der Waals surface area contributed by atoms with E-state index in [2.05, 4.69) is 4.74 Å². The summed E-state index contributed by atoms with van der Waals surface area (Å²) in [5.41, 5.74) is 0. The molecule has 4 heteroatoms. The Morgan fingerprint density at radius 1 is 1.67 bits per heavy atom. The zero-order valence-electron chi connectivity index (χ0n) is 4.80. The number of halogens is 2. The van der Waals surface area contributed by atoms with Crippen LogP contribution in [0.15, 0.2) is 12.2 Å². The van der Waals surface area contributed by atoms with E-state index >= 15 is 0 Å². The molecule has 0 aliphatic rings. The van der Waals surface area contributed by atoms with Crippen molar-refractivity contribution in [1.82, 2.24) is 0 Å². The Morgan fingerprint density at radius 3 is 2.56 bits per heavy atom. The van der Waals surface area contributed by atoms with E-state index in [1.165, 1.54) is 19.3 Å². The number of carbonyl (C=O) groups is 1. The number of carbonyl (C=O) groups excluding carboxylic acids is 1. The van der Waals surface area contributed by atoms with E-state index < -0.39 is 10.8 Å². The minimum absolute atomic E-state index is 0.457. The molecule has 0 radical (unpaired) electrons. The molecule has 0 aliphatic heterocycles. The standard InChI is InChI=1S/C5H6Cl2O2/c1-9-5(8)3-2-4(6)7/h2-4H,1H3. The SMILES string of the molecule is COC(=O)C=CC(Cl)Cl. The molecule has 0 heterocycles. The second-order valence-electron chi connectivity index (χ2n) is 1.22. The Hall–Kier alpha value is -0.210. The number of esters is 1. The van der Waals surface area contributed by atoms with Crippen molar-refractivity contribution in [1.29, 1.82) is 0 Å². The van der Waals surface area contributed by atoms with E-state index in [1.54, 1.807) is 0 Å². The Kier molecular flexibility index (Phi) is 4.54. The van der Waals surface area contributed by atoms with Crippen LogP contribution in [0.5, 0.6) is 0 Å². The van der Waals surface area contributed by atoms with Crippen LogP contribution in [0.4, 0.5) is 0 Å². The molecule has 0 aromatic heterocycles. The number of hydrogen-bond acceptors (Lipinski definition) is 2. The van der Waals surface area contributed by atoms with Gasteiger partial charge in [-0.05, 0) is 6.08 Å². The van der Waals surface area contributed by atoms with Gasteiger partial charge in [0.15, 0.2) is 0 Å². The molecule has 0 bridgehead atoms. The van der Waals surface area contributed by atoms with Crippen molar-refractivity contribution in [2.45, 2.75) is 4.84 Å². The summed E-state index contributed by atoms with van der Waals surface area (Å²) in [6.45, 7) is 0. The number of ether oxygens (including phenoxy) is 1. The maximum Gasteiger partial charge on any atom is 0.330 e. The summed E-state index contributed by atoms with van der Waals surface area (Å²) in [5.74, 6) is -0.457. The summed E-state index contributed by atoms with van der Waals surface area (Å²) in [7, 11) is 1.28. The summed E-state index contributed by atoms with van der Waals surface area (Å²) in [6.07, 6.45) is 2.50. The average molecular weight is 169 g/mol. The van der Waals surface area contributed by atoms with Gasteiger partial charge >= 0.3 is 5.97 Å². The zero-order valence-corrected chi connectivity index (χ0v) is 6.32. The molecule has 52 valence electrons. The van der Waals surface area contributed by atoms with Crippen molar-refractivity contribution in [2.75, 3.05) is 7.11 Å². The Balaban J connectivity index is 3.57. The molecule has 0 fully saturated rings. The van der Waals surface area contributed by atoms with Crippen LogP contribution in [0.3, 0.4) is 0 Å². The van der Waals surface area contributed by atoms with E-state index in [-0.39, 0.29) is 0 Å². The molecule has 0 aromatic rings. The van der Waals surface area contributed by atoms with Crippen LogP contribution < -0.4 is 0 Å². The second-order valence-corrected chi connectivity index (χ2v) is 2.38. The third-order valence-electron chi connectivity index (χ3n) is 0.579. The van der Waals surface area contributed by atoms with Gasteiger partial charge in [0.2, 0.25) is 0 Å². The van der Waals surface area contributed by atoms with Gasteiger partial charge < -0.3 is 4.74 Å². The molecule has 0 aliphatic carbocycles. The fourth-order valence-corrected chi connectivity index (χ4v) is 0.365. The van der Waals surface area contributed by atoms with Crippen LogP contribution in [0.2, 0.25) is 0 Å². The highest BCUT2D eigenvalue weighted by Gasteiger charge is 1.93. The molecule has 0 spiro atoms. The van der Waals surface area contributed by atoms with Crippen LogP contribution in [0, 0.1) is 0 Å². The lowest BCUT2D eigenvalue weighted by Gasteiger charge is -1.89. The van der Waals surface area contributed by atoms with Crippen molar-refractivity contribution in [2.24, 2.45) is 0 Å². The number of allylic oxidation sites excluding steroid dienone is 1. The molecule has 0 aromatic carbocycles. The molecule has 9 heavy (non-hydrogen) atoms. The van der Waals surface area contributed by atoms with Crippen LogP contribution in [0.25, 0.3) is 0 Å². The first kappa shape index (κ1) is 8.79. The number of methoxy groups -OCH3 is 1. The van der Waals surface area contributed by atoms with Crippen molar-refractivity contribution in [3.05, 3.63) is 12.2 Å². The molecule has 2 nitrogen and oxygen atoms in total. The highest BCUT2D eigenvalue weighted by Crippen LogP contribution is 2.01. The van der Waals surface area contributed by atoms with Gasteiger partial charge in [-0.2, -0.15) is 0 Å². The smallest absolute Gasteiger partial charge is 0.330 e. The van der Waals surface area contributed by atoms with E-state index in [4.69, 9.17) is 23.2 Å². The average Bonchev–Trinajstić information content (AvgIpc) is 1.83. The van der Waals surface area contributed by atoms with Gasteiger partial charge in [0.05, 0.1) is 7.11 Å². The zero-order chi connectivity index (χ0) is 7.28. The third-order valence-corrected chi connectivity index (χ3v) is 0.870. The summed E-state index contributed by atoms with van der Waals surface area (Å²) >= 11 is 10.5. The van der Waals surface area contributed by atoms with E-state index in [0.29, 0.717) is 0 Å². The van der Waals surface area contributed by atoms with Gasteiger partial charge in [0, 0.05) is 6.08 Å². The van der Waals surface area contributed by atoms with Crippen molar-refractivity contribution < 1.29 is 9.53 Å². The van der Waals surface area contributed by atoms with E-state index in [9.17, 15) is 4.79 Å². The summed E-state index contributed by atoms with van der Waals surface area (Å²) in [6, 6.07) is 0. The molecule has 0 saturated heterocycles. The lowest BCUT2D eigenvalue weighted by molar-refractivity contribution is -0.134. The lowest BCUT2D eigenvalue weighted by Crippen LogP contribution is -1.94. The molecule has 0 N–H and O–H groups in total. The van der Waals surface area contributed by atoms with E-state index in [1.807, 2.05) is 0 Å². The molecular formula is C5H6Cl2O2. The van der Waals surface area contributed by atoms with Crippen LogP contribution in [-0.4, -0.2) is 17.9 Å². The lowest BCUT2D eigenvalue weighted by atomic mass is 10.5. The van der Waals surface area contributed by atoms with Crippen LogP contribution in [0.1, 0.15) is 0 Å². The normalized spacial score (nSPS) is 10.7. The predicted molar refractivity (Wildman–Crippen MR) is 36.7 cm³/mol. The fourth-order valence-electron chi connectivity index (χ4n) is 0.219. The second kappa shape index (κ2) is 4.65. The minimum Gasteiger partial charge on any atom is -0.466 e. The first-order valence-electron chi connectivity index (χ1n) is 2.21. The maximum absolute atomic E-state index is 10.3. The summed E-state index contributed by atoms with van der Waals surface area (Å²) in [5, 5.41) is 0. The Morgan fingerprint density at radius 2 is 2.22 bits per heavy atom. The van der Waals surface area contributed by atoms with Crippen molar-refractivity contribution in [3.63, 3.8) is 0 Å². The molecule has 0 amide bonds. The molecule has 0 atom stereocenters. The predicted octanol–water partition coefficient (Wildman–Crippen LogP) is 1.52. The van der Waals surface area contributed by atoms with Gasteiger partial charge in [-0.1, -0.05) is 0 Å². The van der Waals surface area contributed by atoms with Gasteiger partial charge in [-0.15, -0.1) is 23.2 Å². The van der Waals surface area contributed by atoms with Crippen LogP contribution in [-0.2, 0) is 9.53 Å². The first-order valence-corrected chi connectivity index (χ1v) is 3.08. The maximum atomic E-state index is 10.3. The Bertz CT molecular complexity index is 120.